The molecule has 2 rings (SSSR count). The molecule has 0 aliphatic heterocycles. The fraction of sp³-hybridized carbons (Fsp3) is 0.556. The minimum atomic E-state index is 0. The van der Waals surface area contributed by atoms with E-state index in [2.05, 4.69) is 27.5 Å². The van der Waals surface area contributed by atoms with Crippen molar-refractivity contribution in [3.63, 3.8) is 0 Å². The van der Waals surface area contributed by atoms with Crippen LogP contribution in [0.15, 0.2) is 33.2 Å². The van der Waals surface area contributed by atoms with Gasteiger partial charge in [-0.1, -0.05) is 19.4 Å². The quantitative estimate of drug-likeness (QED) is 0.198. The normalized spacial score (nSPS) is 11.3. The number of aromatic nitrogens is 1. The van der Waals surface area contributed by atoms with Gasteiger partial charge in [-0.3, -0.25) is 4.99 Å². The third-order valence-corrected chi connectivity index (χ3v) is 4.36. The summed E-state index contributed by atoms with van der Waals surface area (Å²) in [5.41, 5.74) is 0.830. The summed E-state index contributed by atoms with van der Waals surface area (Å²) in [6.07, 6.45) is 3.92. The summed E-state index contributed by atoms with van der Waals surface area (Å²) in [5, 5.41) is 8.41. The summed E-state index contributed by atoms with van der Waals surface area (Å²) in [6.45, 7) is 6.04. The van der Waals surface area contributed by atoms with E-state index in [0.29, 0.717) is 44.8 Å². The zero-order chi connectivity index (χ0) is 18.5. The van der Waals surface area contributed by atoms with Gasteiger partial charge in [0.25, 0.3) is 0 Å². The Labute approximate surface area is 182 Å². The van der Waals surface area contributed by atoms with Crippen LogP contribution in [0.2, 0.25) is 0 Å². The summed E-state index contributed by atoms with van der Waals surface area (Å²) < 4.78 is 16.5. The van der Waals surface area contributed by atoms with Crippen LogP contribution in [0, 0.1) is 0 Å². The lowest BCUT2D eigenvalue weighted by atomic mass is 10.4. The van der Waals surface area contributed by atoms with Gasteiger partial charge in [-0.2, -0.15) is 0 Å². The second-order valence-corrected chi connectivity index (χ2v) is 6.50. The van der Waals surface area contributed by atoms with Crippen molar-refractivity contribution in [2.24, 2.45) is 4.99 Å². The van der Waals surface area contributed by atoms with E-state index in [1.54, 1.807) is 24.6 Å². The van der Waals surface area contributed by atoms with E-state index < -0.39 is 0 Å². The van der Waals surface area contributed by atoms with Crippen LogP contribution in [0.25, 0.3) is 10.8 Å². The molecule has 0 atom stereocenters. The van der Waals surface area contributed by atoms with Crippen LogP contribution in [-0.2, 0) is 16.0 Å². The number of oxazole rings is 1. The Bertz CT molecular complexity index is 634. The van der Waals surface area contributed by atoms with Crippen molar-refractivity contribution < 1.29 is 13.9 Å². The van der Waals surface area contributed by atoms with Gasteiger partial charge in [0.2, 0.25) is 5.89 Å². The first-order valence-electron chi connectivity index (χ1n) is 8.91. The minimum absolute atomic E-state index is 0. The van der Waals surface area contributed by atoms with Gasteiger partial charge in [-0.15, -0.1) is 35.3 Å². The first kappa shape index (κ1) is 23.9. The Balaban J connectivity index is 0.00000364. The SMILES string of the molecule is CCCCOCCOCCNC(=NC)NCc1coc(-c2cccs2)n1.I. The lowest BCUT2D eigenvalue weighted by molar-refractivity contribution is 0.0487. The number of hydrogen-bond donors (Lipinski definition) is 2. The number of halogens is 1. The van der Waals surface area contributed by atoms with Gasteiger partial charge in [0.05, 0.1) is 36.9 Å². The highest BCUT2D eigenvalue weighted by Crippen LogP contribution is 2.23. The average Bonchev–Trinajstić information content (AvgIpc) is 3.34. The number of hydrogen-bond acceptors (Lipinski definition) is 6. The van der Waals surface area contributed by atoms with E-state index in [9.17, 15) is 0 Å². The van der Waals surface area contributed by atoms with Crippen LogP contribution in [0.5, 0.6) is 0 Å². The molecular weight excluding hydrogens is 479 g/mol. The zero-order valence-electron chi connectivity index (χ0n) is 15.9. The number of thiophene rings is 1. The molecule has 9 heteroatoms. The number of nitrogens with one attached hydrogen (secondary N) is 2. The van der Waals surface area contributed by atoms with Crippen LogP contribution in [0.3, 0.4) is 0 Å². The van der Waals surface area contributed by atoms with Gasteiger partial charge in [-0.25, -0.2) is 4.98 Å². The van der Waals surface area contributed by atoms with E-state index in [0.717, 1.165) is 30.0 Å². The zero-order valence-corrected chi connectivity index (χ0v) is 19.0. The van der Waals surface area contributed by atoms with Gasteiger partial charge in [0, 0.05) is 20.2 Å². The number of unbranched alkanes of at least 4 members (excludes halogenated alkanes) is 1. The highest BCUT2D eigenvalue weighted by atomic mass is 127. The Morgan fingerprint density at radius 3 is 2.74 bits per heavy atom. The van der Waals surface area contributed by atoms with Crippen molar-refractivity contribution in [2.75, 3.05) is 40.0 Å². The molecule has 7 nitrogen and oxygen atoms in total. The monoisotopic (exact) mass is 508 g/mol. The van der Waals surface area contributed by atoms with Crippen molar-refractivity contribution in [1.29, 1.82) is 0 Å². The molecular formula is C18H29IN4O3S. The van der Waals surface area contributed by atoms with E-state index >= 15 is 0 Å². The fourth-order valence-corrected chi connectivity index (χ4v) is 2.76. The molecule has 0 radical (unpaired) electrons. The summed E-state index contributed by atoms with van der Waals surface area (Å²) >= 11 is 1.61. The molecule has 0 bridgehead atoms. The first-order valence-corrected chi connectivity index (χ1v) is 9.79. The maximum atomic E-state index is 5.52. The van der Waals surface area contributed by atoms with Crippen molar-refractivity contribution in [3.8, 4) is 10.8 Å². The van der Waals surface area contributed by atoms with Crippen LogP contribution in [0.1, 0.15) is 25.5 Å². The van der Waals surface area contributed by atoms with Crippen LogP contribution < -0.4 is 10.6 Å². The largest absolute Gasteiger partial charge is 0.443 e. The van der Waals surface area contributed by atoms with Crippen molar-refractivity contribution in [1.82, 2.24) is 15.6 Å². The Kier molecular flexibility index (Phi) is 13.1. The summed E-state index contributed by atoms with van der Waals surface area (Å²) in [5.74, 6) is 1.35. The second-order valence-electron chi connectivity index (χ2n) is 5.55. The van der Waals surface area contributed by atoms with Gasteiger partial charge in [0.15, 0.2) is 5.96 Å². The number of aliphatic imine (C=N–C) groups is 1. The Hall–Kier alpha value is -1.17. The summed E-state index contributed by atoms with van der Waals surface area (Å²) in [4.78, 5) is 9.68. The molecule has 0 unspecified atom stereocenters. The molecule has 0 aromatic carbocycles. The van der Waals surface area contributed by atoms with Crippen molar-refractivity contribution in [3.05, 3.63) is 29.5 Å². The number of ether oxygens (including phenoxy) is 2. The van der Waals surface area contributed by atoms with E-state index in [1.165, 1.54) is 0 Å². The van der Waals surface area contributed by atoms with Gasteiger partial charge >= 0.3 is 0 Å². The van der Waals surface area contributed by atoms with Crippen molar-refractivity contribution in [2.45, 2.75) is 26.3 Å². The average molecular weight is 508 g/mol. The van der Waals surface area contributed by atoms with Gasteiger partial charge in [0.1, 0.15) is 6.26 Å². The third-order valence-electron chi connectivity index (χ3n) is 3.50. The predicted molar refractivity (Wildman–Crippen MR) is 120 cm³/mol. The number of guanidine groups is 1. The van der Waals surface area contributed by atoms with Gasteiger partial charge < -0.3 is 24.5 Å². The van der Waals surface area contributed by atoms with E-state index in [1.807, 2.05) is 17.5 Å². The molecule has 0 amide bonds. The maximum Gasteiger partial charge on any atom is 0.236 e. The fourth-order valence-electron chi connectivity index (χ4n) is 2.11. The summed E-state index contributed by atoms with van der Waals surface area (Å²) in [7, 11) is 1.73. The van der Waals surface area contributed by atoms with Crippen LogP contribution in [0.4, 0.5) is 0 Å². The molecule has 0 saturated carbocycles. The standard InChI is InChI=1S/C18H28N4O3S.HI/c1-3-4-8-23-10-11-24-9-7-20-18(19-2)21-13-15-14-25-17(22-15)16-6-5-12-26-16;/h5-6,12,14H,3-4,7-11,13H2,1-2H3,(H2,19,20,21);1H. The van der Waals surface area contributed by atoms with E-state index in [4.69, 9.17) is 13.9 Å². The molecule has 2 heterocycles. The lowest BCUT2D eigenvalue weighted by Gasteiger charge is -2.11. The first-order chi connectivity index (χ1) is 12.8. The topological polar surface area (TPSA) is 80.9 Å². The molecule has 0 fully saturated rings. The van der Waals surface area contributed by atoms with E-state index in [-0.39, 0.29) is 24.0 Å². The molecule has 0 aliphatic carbocycles. The number of rotatable bonds is 12. The molecule has 2 N–H and O–H groups in total. The Morgan fingerprint density at radius 2 is 2.04 bits per heavy atom. The smallest absolute Gasteiger partial charge is 0.236 e. The second kappa shape index (κ2) is 14.8. The molecule has 27 heavy (non-hydrogen) atoms. The third kappa shape index (κ3) is 9.54. The number of nitrogens with zero attached hydrogens (tertiary/aromatic N) is 2. The minimum Gasteiger partial charge on any atom is -0.443 e. The van der Waals surface area contributed by atoms with Crippen molar-refractivity contribution >= 4 is 41.3 Å². The molecule has 0 saturated heterocycles. The highest BCUT2D eigenvalue weighted by Gasteiger charge is 2.07. The molecule has 0 spiro atoms. The lowest BCUT2D eigenvalue weighted by Crippen LogP contribution is -2.38. The van der Waals surface area contributed by atoms with Gasteiger partial charge in [-0.05, 0) is 17.9 Å². The maximum absolute atomic E-state index is 5.52. The molecule has 2 aromatic rings. The van der Waals surface area contributed by atoms with Crippen LogP contribution >= 0.6 is 35.3 Å². The Morgan fingerprint density at radius 1 is 1.22 bits per heavy atom. The van der Waals surface area contributed by atoms with Crippen LogP contribution in [-0.4, -0.2) is 51.0 Å². The molecule has 152 valence electrons. The molecule has 0 aliphatic rings. The summed E-state index contributed by atoms with van der Waals surface area (Å²) in [6, 6.07) is 3.97. The highest BCUT2D eigenvalue weighted by molar-refractivity contribution is 14.0. The predicted octanol–water partition coefficient (Wildman–Crippen LogP) is 3.52. The molecule has 2 aromatic heterocycles.